The van der Waals surface area contributed by atoms with Crippen molar-refractivity contribution in [2.24, 2.45) is 0 Å². The van der Waals surface area contributed by atoms with Crippen LogP contribution in [0.2, 0.25) is 0 Å². The molecule has 8 heteroatoms. The summed E-state index contributed by atoms with van der Waals surface area (Å²) in [4.78, 5) is 16.6. The van der Waals surface area contributed by atoms with Gasteiger partial charge in [-0.05, 0) is 58.1 Å². The second-order valence-corrected chi connectivity index (χ2v) is 8.26. The normalized spacial score (nSPS) is 20.4. The minimum absolute atomic E-state index is 0. The third-order valence-electron chi connectivity index (χ3n) is 5.95. The van der Waals surface area contributed by atoms with Gasteiger partial charge in [-0.1, -0.05) is 36.4 Å². The second-order valence-electron chi connectivity index (χ2n) is 8.26. The van der Waals surface area contributed by atoms with Gasteiger partial charge in [0.25, 0.3) is 5.91 Å². The van der Waals surface area contributed by atoms with E-state index in [1.165, 1.54) is 4.80 Å². The number of amides is 1. The minimum atomic E-state index is -0.366. The number of hydrogen-bond acceptors (Lipinski definition) is 5. The van der Waals surface area contributed by atoms with Crippen molar-refractivity contribution >= 4 is 18.3 Å². The van der Waals surface area contributed by atoms with Crippen molar-refractivity contribution in [2.45, 2.75) is 44.4 Å². The van der Waals surface area contributed by atoms with Gasteiger partial charge in [0.15, 0.2) is 11.4 Å². The van der Waals surface area contributed by atoms with Crippen molar-refractivity contribution in [2.75, 3.05) is 14.1 Å². The van der Waals surface area contributed by atoms with Crippen molar-refractivity contribution in [1.82, 2.24) is 25.2 Å². The third kappa shape index (κ3) is 5.11. The first kappa shape index (κ1) is 23.8. The third-order valence-corrected chi connectivity index (χ3v) is 5.95. The van der Waals surface area contributed by atoms with Crippen LogP contribution in [0.1, 0.15) is 41.9 Å². The average molecular weight is 456 g/mol. The Bertz CT molecular complexity index is 1020. The van der Waals surface area contributed by atoms with Crippen molar-refractivity contribution in [3.05, 3.63) is 72.1 Å². The van der Waals surface area contributed by atoms with Crippen molar-refractivity contribution < 1.29 is 9.53 Å². The topological polar surface area (TPSA) is 72.3 Å². The van der Waals surface area contributed by atoms with E-state index >= 15 is 0 Å². The standard InChI is InChI=1S/C24H29N5O2.ClH/c1-18-22(27-29(26-18)20-10-6-4-7-11-20)23(30)25-19-14-16-24(17-15-19,28(2)3)31-21-12-8-5-9-13-21;/h4-13,19H,14-17H2,1-3H3,(H,25,30);1H. The highest BCUT2D eigenvalue weighted by molar-refractivity contribution is 5.93. The highest BCUT2D eigenvalue weighted by atomic mass is 35.5. The number of rotatable bonds is 6. The van der Waals surface area contributed by atoms with Gasteiger partial charge in [-0.3, -0.25) is 9.69 Å². The largest absolute Gasteiger partial charge is 0.473 e. The van der Waals surface area contributed by atoms with Gasteiger partial charge in [0.1, 0.15) is 5.75 Å². The van der Waals surface area contributed by atoms with E-state index in [9.17, 15) is 4.79 Å². The van der Waals surface area contributed by atoms with E-state index in [0.29, 0.717) is 11.4 Å². The Hall–Kier alpha value is -2.90. The molecule has 1 N–H and O–H groups in total. The molecule has 7 nitrogen and oxygen atoms in total. The number of aromatic nitrogens is 3. The molecule has 3 aromatic rings. The van der Waals surface area contributed by atoms with Gasteiger partial charge in [0, 0.05) is 18.9 Å². The molecule has 0 spiro atoms. The van der Waals surface area contributed by atoms with E-state index in [-0.39, 0.29) is 30.1 Å². The highest BCUT2D eigenvalue weighted by Gasteiger charge is 2.40. The summed E-state index contributed by atoms with van der Waals surface area (Å²) in [6.07, 6.45) is 3.33. The zero-order valence-corrected chi connectivity index (χ0v) is 19.5. The van der Waals surface area contributed by atoms with Crippen molar-refractivity contribution in [3.8, 4) is 11.4 Å². The number of carbonyl (C=O) groups is 1. The lowest BCUT2D eigenvalue weighted by Crippen LogP contribution is -2.54. The zero-order valence-electron chi connectivity index (χ0n) is 18.7. The fourth-order valence-corrected chi connectivity index (χ4v) is 4.08. The first-order chi connectivity index (χ1) is 15.0. The zero-order chi connectivity index (χ0) is 21.8. The van der Waals surface area contributed by atoms with E-state index in [2.05, 4.69) is 20.4 Å². The summed E-state index contributed by atoms with van der Waals surface area (Å²) in [5, 5.41) is 12.0. The molecule has 0 saturated heterocycles. The highest BCUT2D eigenvalue weighted by Crippen LogP contribution is 2.34. The maximum absolute atomic E-state index is 12.9. The SMILES string of the molecule is Cc1nn(-c2ccccc2)nc1C(=O)NC1CCC(Oc2ccccc2)(N(C)C)CC1.Cl. The molecule has 170 valence electrons. The molecule has 1 aromatic heterocycles. The van der Waals surface area contributed by atoms with Crippen LogP contribution in [0.3, 0.4) is 0 Å². The van der Waals surface area contributed by atoms with Gasteiger partial charge in [0.2, 0.25) is 0 Å². The maximum Gasteiger partial charge on any atom is 0.273 e. The van der Waals surface area contributed by atoms with Crippen LogP contribution in [0.15, 0.2) is 60.7 Å². The number of hydrogen-bond donors (Lipinski definition) is 1. The van der Waals surface area contributed by atoms with Gasteiger partial charge in [-0.25, -0.2) is 0 Å². The van der Waals surface area contributed by atoms with Crippen LogP contribution in [0.4, 0.5) is 0 Å². The Morgan fingerprint density at radius 1 is 1.03 bits per heavy atom. The quantitative estimate of drug-likeness (QED) is 0.568. The molecule has 0 bridgehead atoms. The van der Waals surface area contributed by atoms with Gasteiger partial charge in [-0.15, -0.1) is 17.5 Å². The molecule has 0 aliphatic heterocycles. The number of nitrogens with one attached hydrogen (secondary N) is 1. The molecule has 0 radical (unpaired) electrons. The number of benzene rings is 2. The molecular weight excluding hydrogens is 426 g/mol. The molecule has 1 aliphatic carbocycles. The lowest BCUT2D eigenvalue weighted by atomic mass is 9.87. The number of ether oxygens (including phenoxy) is 1. The Kier molecular flexibility index (Phi) is 7.53. The smallest absolute Gasteiger partial charge is 0.273 e. The summed E-state index contributed by atoms with van der Waals surface area (Å²) >= 11 is 0. The van der Waals surface area contributed by atoms with E-state index in [4.69, 9.17) is 4.74 Å². The van der Waals surface area contributed by atoms with E-state index < -0.39 is 0 Å². The predicted molar refractivity (Wildman–Crippen MR) is 127 cm³/mol. The summed E-state index contributed by atoms with van der Waals surface area (Å²) in [5.74, 6) is 0.692. The Balaban J connectivity index is 0.00000289. The van der Waals surface area contributed by atoms with Crippen LogP contribution >= 0.6 is 12.4 Å². The van der Waals surface area contributed by atoms with Crippen LogP contribution in [0.5, 0.6) is 5.75 Å². The van der Waals surface area contributed by atoms with Gasteiger partial charge in [-0.2, -0.15) is 9.90 Å². The monoisotopic (exact) mass is 455 g/mol. The molecule has 1 fully saturated rings. The number of carbonyl (C=O) groups excluding carboxylic acids is 1. The van der Waals surface area contributed by atoms with Crippen LogP contribution in [-0.2, 0) is 0 Å². The van der Waals surface area contributed by atoms with Gasteiger partial charge < -0.3 is 10.1 Å². The fourth-order valence-electron chi connectivity index (χ4n) is 4.08. The van der Waals surface area contributed by atoms with E-state index in [0.717, 1.165) is 37.1 Å². The molecule has 32 heavy (non-hydrogen) atoms. The van der Waals surface area contributed by atoms with Crippen molar-refractivity contribution in [3.63, 3.8) is 0 Å². The lowest BCUT2D eigenvalue weighted by Gasteiger charge is -2.44. The van der Waals surface area contributed by atoms with Crippen LogP contribution in [0.25, 0.3) is 5.69 Å². The molecule has 1 amide bonds. The second kappa shape index (κ2) is 10.1. The summed E-state index contributed by atoms with van der Waals surface area (Å²) in [6.45, 7) is 1.81. The number of halogens is 1. The Morgan fingerprint density at radius 2 is 1.62 bits per heavy atom. The summed E-state index contributed by atoms with van der Waals surface area (Å²) in [7, 11) is 4.10. The maximum atomic E-state index is 12.9. The average Bonchev–Trinajstić information content (AvgIpc) is 3.18. The molecule has 0 atom stereocenters. The number of nitrogens with zero attached hydrogens (tertiary/aromatic N) is 4. The molecule has 1 heterocycles. The molecule has 4 rings (SSSR count). The molecule has 2 aromatic carbocycles. The lowest BCUT2D eigenvalue weighted by molar-refractivity contribution is -0.0886. The van der Waals surface area contributed by atoms with Gasteiger partial charge in [0.05, 0.1) is 11.4 Å². The number of aryl methyl sites for hydroxylation is 1. The summed E-state index contributed by atoms with van der Waals surface area (Å²) in [5.41, 5.74) is 1.45. The number of para-hydroxylation sites is 2. The predicted octanol–water partition coefficient (Wildman–Crippen LogP) is 4.01. The van der Waals surface area contributed by atoms with Crippen LogP contribution in [-0.4, -0.2) is 51.7 Å². The minimum Gasteiger partial charge on any atom is -0.473 e. The van der Waals surface area contributed by atoms with Crippen LogP contribution in [0, 0.1) is 6.92 Å². The molecule has 1 saturated carbocycles. The van der Waals surface area contributed by atoms with E-state index in [1.54, 1.807) is 0 Å². The summed E-state index contributed by atoms with van der Waals surface area (Å²) < 4.78 is 6.40. The van der Waals surface area contributed by atoms with Crippen molar-refractivity contribution in [1.29, 1.82) is 0 Å². The Morgan fingerprint density at radius 3 is 2.22 bits per heavy atom. The molecular formula is C24H30ClN5O2. The fraction of sp³-hybridized carbons (Fsp3) is 0.375. The first-order valence-electron chi connectivity index (χ1n) is 10.7. The van der Waals surface area contributed by atoms with Gasteiger partial charge >= 0.3 is 0 Å². The Labute approximate surface area is 195 Å². The summed E-state index contributed by atoms with van der Waals surface area (Å²) in [6, 6.07) is 19.6. The molecule has 0 unspecified atom stereocenters. The molecule has 1 aliphatic rings. The van der Waals surface area contributed by atoms with E-state index in [1.807, 2.05) is 81.7 Å². The van der Waals surface area contributed by atoms with Crippen LogP contribution < -0.4 is 10.1 Å². The first-order valence-corrected chi connectivity index (χ1v) is 10.7.